The normalized spacial score (nSPS) is 12.0. The third kappa shape index (κ3) is 6.15. The molecule has 1 amide bonds. The molecule has 13 heavy (non-hydrogen) atoms. The predicted molar refractivity (Wildman–Crippen MR) is 51.9 cm³/mol. The van der Waals surface area contributed by atoms with Crippen LogP contribution < -0.4 is 5.32 Å². The average Bonchev–Trinajstić information content (AvgIpc) is 1.81. The van der Waals surface area contributed by atoms with E-state index in [2.05, 4.69) is 5.32 Å². The fourth-order valence-electron chi connectivity index (χ4n) is 0.902. The Balaban J connectivity index is 4.13. The van der Waals surface area contributed by atoms with Crippen LogP contribution in [0.3, 0.4) is 0 Å². The molecule has 3 nitrogen and oxygen atoms in total. The summed E-state index contributed by atoms with van der Waals surface area (Å²) in [4.78, 5) is 11.4. The molecule has 0 aliphatic rings. The summed E-state index contributed by atoms with van der Waals surface area (Å²) in [5.74, 6) is -0.0703. The first-order valence-corrected chi connectivity index (χ1v) is 4.38. The van der Waals surface area contributed by atoms with E-state index < -0.39 is 5.54 Å². The summed E-state index contributed by atoms with van der Waals surface area (Å²) >= 11 is 0. The molecular formula is C10H18N2O. The van der Waals surface area contributed by atoms with Crippen LogP contribution in [0.15, 0.2) is 0 Å². The Morgan fingerprint density at radius 2 is 1.77 bits per heavy atom. The molecule has 0 aromatic rings. The third-order valence-electron chi connectivity index (χ3n) is 1.42. The van der Waals surface area contributed by atoms with Crippen molar-refractivity contribution in [2.75, 3.05) is 0 Å². The van der Waals surface area contributed by atoms with E-state index in [-0.39, 0.29) is 11.3 Å². The predicted octanol–water partition coefficient (Wildman–Crippen LogP) is 1.84. The lowest BCUT2D eigenvalue weighted by Gasteiger charge is -2.22. The van der Waals surface area contributed by atoms with E-state index in [1.165, 1.54) is 0 Å². The molecule has 0 spiro atoms. The lowest BCUT2D eigenvalue weighted by molar-refractivity contribution is -0.123. The van der Waals surface area contributed by atoms with E-state index in [0.717, 1.165) is 0 Å². The van der Waals surface area contributed by atoms with E-state index in [0.29, 0.717) is 6.42 Å². The SMILES string of the molecule is CC(C)(C)CC(=O)NC(C)(C)C#N. The highest BCUT2D eigenvalue weighted by molar-refractivity contribution is 5.77. The van der Waals surface area contributed by atoms with E-state index in [4.69, 9.17) is 5.26 Å². The van der Waals surface area contributed by atoms with Crippen molar-refractivity contribution >= 4 is 5.91 Å². The van der Waals surface area contributed by atoms with E-state index in [1.807, 2.05) is 26.8 Å². The largest absolute Gasteiger partial charge is 0.338 e. The Labute approximate surface area is 80.1 Å². The quantitative estimate of drug-likeness (QED) is 0.708. The van der Waals surface area contributed by atoms with Gasteiger partial charge in [0.1, 0.15) is 5.54 Å². The second-order valence-electron chi connectivity index (χ2n) is 5.02. The summed E-state index contributed by atoms with van der Waals surface area (Å²) in [7, 11) is 0. The highest BCUT2D eigenvalue weighted by Gasteiger charge is 2.22. The van der Waals surface area contributed by atoms with Crippen molar-refractivity contribution < 1.29 is 4.79 Å². The van der Waals surface area contributed by atoms with Gasteiger partial charge in [-0.05, 0) is 19.3 Å². The number of amides is 1. The highest BCUT2D eigenvalue weighted by Crippen LogP contribution is 2.18. The Morgan fingerprint density at radius 1 is 1.31 bits per heavy atom. The molecule has 3 heteroatoms. The molecule has 1 N–H and O–H groups in total. The molecule has 0 heterocycles. The minimum Gasteiger partial charge on any atom is -0.338 e. The van der Waals surface area contributed by atoms with Crippen molar-refractivity contribution in [1.29, 1.82) is 5.26 Å². The smallest absolute Gasteiger partial charge is 0.221 e. The van der Waals surface area contributed by atoms with Crippen LogP contribution >= 0.6 is 0 Å². The van der Waals surface area contributed by atoms with Crippen molar-refractivity contribution in [1.82, 2.24) is 5.32 Å². The number of carbonyl (C=O) groups is 1. The van der Waals surface area contributed by atoms with Crippen LogP contribution in [0, 0.1) is 16.7 Å². The summed E-state index contributed by atoms with van der Waals surface area (Å²) in [6.07, 6.45) is 0.443. The number of hydrogen-bond donors (Lipinski definition) is 1. The molecule has 0 aliphatic heterocycles. The molecule has 0 radical (unpaired) electrons. The van der Waals surface area contributed by atoms with Gasteiger partial charge in [0.2, 0.25) is 5.91 Å². The standard InChI is InChI=1S/C10H18N2O/c1-9(2,3)6-8(13)12-10(4,5)7-11/h6H2,1-5H3,(H,12,13). The lowest BCUT2D eigenvalue weighted by atomic mass is 9.91. The highest BCUT2D eigenvalue weighted by atomic mass is 16.1. The van der Waals surface area contributed by atoms with Crippen LogP contribution in [0.4, 0.5) is 0 Å². The average molecular weight is 182 g/mol. The fourth-order valence-corrected chi connectivity index (χ4v) is 0.902. The zero-order valence-electron chi connectivity index (χ0n) is 9.06. The molecular weight excluding hydrogens is 164 g/mol. The number of nitriles is 1. The van der Waals surface area contributed by atoms with Crippen LogP contribution in [-0.2, 0) is 4.79 Å². The molecule has 0 saturated carbocycles. The van der Waals surface area contributed by atoms with Gasteiger partial charge in [0.05, 0.1) is 6.07 Å². The van der Waals surface area contributed by atoms with Gasteiger partial charge in [-0.25, -0.2) is 0 Å². The number of nitrogens with zero attached hydrogens (tertiary/aromatic N) is 1. The molecule has 0 saturated heterocycles. The minimum absolute atomic E-state index is 0.0321. The van der Waals surface area contributed by atoms with Crippen molar-refractivity contribution in [3.05, 3.63) is 0 Å². The number of rotatable bonds is 2. The first-order chi connectivity index (χ1) is 5.66. The van der Waals surface area contributed by atoms with Gasteiger partial charge < -0.3 is 5.32 Å². The Hall–Kier alpha value is -1.04. The van der Waals surface area contributed by atoms with Gasteiger partial charge in [-0.3, -0.25) is 4.79 Å². The fraction of sp³-hybridized carbons (Fsp3) is 0.800. The van der Waals surface area contributed by atoms with Crippen molar-refractivity contribution in [3.63, 3.8) is 0 Å². The van der Waals surface area contributed by atoms with Crippen LogP contribution in [0.25, 0.3) is 0 Å². The second kappa shape index (κ2) is 3.78. The van der Waals surface area contributed by atoms with Crippen molar-refractivity contribution in [2.45, 2.75) is 46.6 Å². The van der Waals surface area contributed by atoms with Crippen LogP contribution in [0.2, 0.25) is 0 Å². The topological polar surface area (TPSA) is 52.9 Å². The van der Waals surface area contributed by atoms with Gasteiger partial charge in [0, 0.05) is 6.42 Å². The number of nitrogens with one attached hydrogen (secondary N) is 1. The van der Waals surface area contributed by atoms with Gasteiger partial charge >= 0.3 is 0 Å². The van der Waals surface area contributed by atoms with Gasteiger partial charge in [-0.15, -0.1) is 0 Å². The first kappa shape index (κ1) is 12.0. The maximum Gasteiger partial charge on any atom is 0.221 e. The molecule has 0 unspecified atom stereocenters. The summed E-state index contributed by atoms with van der Waals surface area (Å²) < 4.78 is 0. The summed E-state index contributed by atoms with van der Waals surface area (Å²) in [5.41, 5.74) is -0.794. The van der Waals surface area contributed by atoms with Gasteiger partial charge in [0.25, 0.3) is 0 Å². The van der Waals surface area contributed by atoms with Gasteiger partial charge in [-0.2, -0.15) is 5.26 Å². The summed E-state index contributed by atoms with van der Waals surface area (Å²) in [6.45, 7) is 9.35. The maximum atomic E-state index is 11.4. The third-order valence-corrected chi connectivity index (χ3v) is 1.42. The Kier molecular flexibility index (Phi) is 3.48. The van der Waals surface area contributed by atoms with Crippen molar-refractivity contribution in [2.24, 2.45) is 5.41 Å². The van der Waals surface area contributed by atoms with Crippen LogP contribution in [0.5, 0.6) is 0 Å². The molecule has 0 fully saturated rings. The molecule has 74 valence electrons. The van der Waals surface area contributed by atoms with Gasteiger partial charge in [-0.1, -0.05) is 20.8 Å². The maximum absolute atomic E-state index is 11.4. The number of hydrogen-bond acceptors (Lipinski definition) is 2. The van der Waals surface area contributed by atoms with E-state index >= 15 is 0 Å². The summed E-state index contributed by atoms with van der Waals surface area (Å²) in [6, 6.07) is 2.03. The molecule has 0 aliphatic carbocycles. The Morgan fingerprint density at radius 3 is 2.08 bits per heavy atom. The van der Waals surface area contributed by atoms with E-state index in [1.54, 1.807) is 13.8 Å². The van der Waals surface area contributed by atoms with Crippen LogP contribution in [0.1, 0.15) is 41.0 Å². The second-order valence-corrected chi connectivity index (χ2v) is 5.02. The summed E-state index contributed by atoms with van der Waals surface area (Å²) in [5, 5.41) is 11.3. The Bertz CT molecular complexity index is 230. The van der Waals surface area contributed by atoms with Crippen LogP contribution in [-0.4, -0.2) is 11.4 Å². The zero-order chi connectivity index (χ0) is 10.7. The zero-order valence-corrected chi connectivity index (χ0v) is 9.06. The minimum atomic E-state index is -0.762. The molecule has 0 rings (SSSR count). The monoisotopic (exact) mass is 182 g/mol. The van der Waals surface area contributed by atoms with Gasteiger partial charge in [0.15, 0.2) is 0 Å². The molecule has 0 atom stereocenters. The van der Waals surface area contributed by atoms with E-state index in [9.17, 15) is 4.79 Å². The van der Waals surface area contributed by atoms with Crippen molar-refractivity contribution in [3.8, 4) is 6.07 Å². The number of carbonyl (C=O) groups excluding carboxylic acids is 1. The molecule has 0 aromatic heterocycles. The molecule has 0 aromatic carbocycles. The first-order valence-electron chi connectivity index (χ1n) is 4.38. The molecule has 0 bridgehead atoms. The lowest BCUT2D eigenvalue weighted by Crippen LogP contribution is -2.43.